The predicted octanol–water partition coefficient (Wildman–Crippen LogP) is 3.57. The molecule has 3 aromatic rings. The van der Waals surface area contributed by atoms with Crippen LogP contribution in [0, 0.1) is 6.92 Å². The first-order valence-electron chi connectivity index (χ1n) is 6.65. The number of halogens is 1. The maximum atomic E-state index is 12.1. The van der Waals surface area contributed by atoms with Crippen LogP contribution in [-0.4, -0.2) is 20.6 Å². The number of nitrogens with zero attached hydrogens (tertiary/aromatic N) is 3. The van der Waals surface area contributed by atoms with E-state index in [0.29, 0.717) is 22.2 Å². The number of hydrogen-bond donors (Lipinski definition) is 2. The maximum absolute atomic E-state index is 12.1. The van der Waals surface area contributed by atoms with Gasteiger partial charge in [-0.1, -0.05) is 29.3 Å². The number of anilines is 2. The van der Waals surface area contributed by atoms with Gasteiger partial charge in [-0.25, -0.2) is 14.8 Å². The van der Waals surface area contributed by atoms with E-state index in [9.17, 15) is 4.79 Å². The second-order valence-corrected chi connectivity index (χ2v) is 5.35. The Morgan fingerprint density at radius 3 is 2.68 bits per heavy atom. The number of fused-ring (bicyclic) bond motifs is 1. The zero-order valence-electron chi connectivity index (χ0n) is 12.1. The van der Waals surface area contributed by atoms with E-state index in [2.05, 4.69) is 20.6 Å². The molecule has 2 heterocycles. The molecule has 0 bridgehead atoms. The van der Waals surface area contributed by atoms with Crippen LogP contribution in [-0.2, 0) is 7.05 Å². The zero-order valence-corrected chi connectivity index (χ0v) is 12.8. The number of benzene rings is 1. The first kappa shape index (κ1) is 14.3. The first-order chi connectivity index (χ1) is 10.5. The smallest absolute Gasteiger partial charge is 0.324 e. The molecule has 6 nitrogen and oxygen atoms in total. The zero-order chi connectivity index (χ0) is 15.7. The molecule has 0 fully saturated rings. The second kappa shape index (κ2) is 5.65. The SMILES string of the molecule is Cc1ccc(NC(=O)Nc2nc(Cl)cc3c2ncn3C)cc1. The van der Waals surface area contributed by atoms with Crippen molar-refractivity contribution in [2.45, 2.75) is 6.92 Å². The molecule has 22 heavy (non-hydrogen) atoms. The maximum Gasteiger partial charge on any atom is 0.324 e. The van der Waals surface area contributed by atoms with Crippen molar-refractivity contribution >= 4 is 40.2 Å². The highest BCUT2D eigenvalue weighted by molar-refractivity contribution is 6.30. The summed E-state index contributed by atoms with van der Waals surface area (Å²) in [4.78, 5) is 20.4. The standard InChI is InChI=1S/C15H14ClN5O/c1-9-3-5-10(6-4-9)18-15(22)20-14-13-11(7-12(16)19-14)21(2)8-17-13/h3-8H,1-2H3,(H2,18,19,20,22). The summed E-state index contributed by atoms with van der Waals surface area (Å²) < 4.78 is 1.81. The van der Waals surface area contributed by atoms with Gasteiger partial charge in [0.2, 0.25) is 0 Å². The lowest BCUT2D eigenvalue weighted by Crippen LogP contribution is -2.20. The summed E-state index contributed by atoms with van der Waals surface area (Å²) in [5.41, 5.74) is 3.21. The molecule has 0 aliphatic carbocycles. The van der Waals surface area contributed by atoms with Crippen molar-refractivity contribution in [2.75, 3.05) is 10.6 Å². The average Bonchev–Trinajstić information content (AvgIpc) is 2.83. The number of carbonyl (C=O) groups is 1. The van der Waals surface area contributed by atoms with E-state index in [1.165, 1.54) is 0 Å². The summed E-state index contributed by atoms with van der Waals surface area (Å²) in [6, 6.07) is 8.81. The number of carbonyl (C=O) groups excluding carboxylic acids is 1. The van der Waals surface area contributed by atoms with Gasteiger partial charge in [-0.05, 0) is 19.1 Å². The topological polar surface area (TPSA) is 71.8 Å². The Morgan fingerprint density at radius 2 is 1.95 bits per heavy atom. The highest BCUT2D eigenvalue weighted by Gasteiger charge is 2.12. The van der Waals surface area contributed by atoms with E-state index >= 15 is 0 Å². The molecule has 3 rings (SSSR count). The number of aromatic nitrogens is 3. The molecular weight excluding hydrogens is 302 g/mol. The van der Waals surface area contributed by atoms with Crippen LogP contribution in [0.4, 0.5) is 16.3 Å². The Bertz CT molecular complexity index is 841. The van der Waals surface area contributed by atoms with Crippen LogP contribution in [0.25, 0.3) is 11.0 Å². The lowest BCUT2D eigenvalue weighted by atomic mass is 10.2. The Kier molecular flexibility index (Phi) is 3.68. The quantitative estimate of drug-likeness (QED) is 0.710. The van der Waals surface area contributed by atoms with Crippen molar-refractivity contribution in [3.63, 3.8) is 0 Å². The third kappa shape index (κ3) is 2.87. The number of hydrogen-bond acceptors (Lipinski definition) is 3. The van der Waals surface area contributed by atoms with E-state index in [1.807, 2.05) is 42.8 Å². The predicted molar refractivity (Wildman–Crippen MR) is 87.3 cm³/mol. The molecule has 0 saturated carbocycles. The molecule has 7 heteroatoms. The summed E-state index contributed by atoms with van der Waals surface area (Å²) in [6.45, 7) is 1.98. The summed E-state index contributed by atoms with van der Waals surface area (Å²) in [6.07, 6.45) is 1.64. The number of urea groups is 1. The van der Waals surface area contributed by atoms with Gasteiger partial charge in [0.25, 0.3) is 0 Å². The Hall–Kier alpha value is -2.60. The fourth-order valence-electron chi connectivity index (χ4n) is 2.09. The van der Waals surface area contributed by atoms with Crippen LogP contribution < -0.4 is 10.6 Å². The number of amides is 2. The largest absolute Gasteiger partial charge is 0.334 e. The Balaban J connectivity index is 1.83. The molecule has 0 spiro atoms. The molecule has 0 unspecified atom stereocenters. The highest BCUT2D eigenvalue weighted by atomic mass is 35.5. The fourth-order valence-corrected chi connectivity index (χ4v) is 2.28. The highest BCUT2D eigenvalue weighted by Crippen LogP contribution is 2.23. The van der Waals surface area contributed by atoms with Crippen LogP contribution >= 0.6 is 11.6 Å². The normalized spacial score (nSPS) is 10.7. The number of imidazole rings is 1. The minimum absolute atomic E-state index is 0.293. The van der Waals surface area contributed by atoms with Crippen LogP contribution in [0.15, 0.2) is 36.7 Å². The second-order valence-electron chi connectivity index (χ2n) is 4.96. The van der Waals surface area contributed by atoms with Gasteiger partial charge in [0.1, 0.15) is 10.7 Å². The first-order valence-corrected chi connectivity index (χ1v) is 7.03. The molecule has 2 amide bonds. The fraction of sp³-hybridized carbons (Fsp3) is 0.133. The molecule has 2 N–H and O–H groups in total. The van der Waals surface area contributed by atoms with Crippen LogP contribution in [0.5, 0.6) is 0 Å². The van der Waals surface area contributed by atoms with Gasteiger partial charge in [-0.3, -0.25) is 5.32 Å². The van der Waals surface area contributed by atoms with Gasteiger partial charge in [0.05, 0.1) is 11.8 Å². The molecule has 0 radical (unpaired) electrons. The molecule has 1 aromatic carbocycles. The molecular formula is C15H14ClN5O. The van der Waals surface area contributed by atoms with Gasteiger partial charge in [-0.2, -0.15) is 0 Å². The third-order valence-electron chi connectivity index (χ3n) is 3.22. The average molecular weight is 316 g/mol. The van der Waals surface area contributed by atoms with E-state index in [-0.39, 0.29) is 0 Å². The number of pyridine rings is 1. The van der Waals surface area contributed by atoms with Crippen molar-refractivity contribution in [3.05, 3.63) is 47.4 Å². The van der Waals surface area contributed by atoms with E-state index < -0.39 is 6.03 Å². The number of nitrogens with one attached hydrogen (secondary N) is 2. The van der Waals surface area contributed by atoms with Crippen LogP contribution in [0.1, 0.15) is 5.56 Å². The van der Waals surface area contributed by atoms with Gasteiger partial charge in [-0.15, -0.1) is 0 Å². The minimum Gasteiger partial charge on any atom is -0.334 e. The lowest BCUT2D eigenvalue weighted by Gasteiger charge is -2.08. The summed E-state index contributed by atoms with van der Waals surface area (Å²) >= 11 is 5.99. The van der Waals surface area contributed by atoms with Gasteiger partial charge < -0.3 is 9.88 Å². The van der Waals surface area contributed by atoms with Crippen LogP contribution in [0.2, 0.25) is 5.15 Å². The van der Waals surface area contributed by atoms with E-state index in [0.717, 1.165) is 11.1 Å². The van der Waals surface area contributed by atoms with Crippen molar-refractivity contribution in [1.29, 1.82) is 0 Å². The van der Waals surface area contributed by atoms with E-state index in [4.69, 9.17) is 11.6 Å². The van der Waals surface area contributed by atoms with E-state index in [1.54, 1.807) is 12.4 Å². The van der Waals surface area contributed by atoms with Gasteiger partial charge in [0.15, 0.2) is 5.82 Å². The third-order valence-corrected chi connectivity index (χ3v) is 3.42. The monoisotopic (exact) mass is 315 g/mol. The van der Waals surface area contributed by atoms with Crippen molar-refractivity contribution in [2.24, 2.45) is 7.05 Å². The Labute approximate surface area is 132 Å². The number of aryl methyl sites for hydroxylation is 2. The molecule has 0 atom stereocenters. The minimum atomic E-state index is -0.398. The van der Waals surface area contributed by atoms with Crippen molar-refractivity contribution in [3.8, 4) is 0 Å². The lowest BCUT2D eigenvalue weighted by molar-refractivity contribution is 0.262. The van der Waals surface area contributed by atoms with Crippen molar-refractivity contribution < 1.29 is 4.79 Å². The molecule has 112 valence electrons. The molecule has 2 aromatic heterocycles. The van der Waals surface area contributed by atoms with Crippen LogP contribution in [0.3, 0.4) is 0 Å². The molecule has 0 saturated heterocycles. The van der Waals surface area contributed by atoms with Crippen molar-refractivity contribution in [1.82, 2.24) is 14.5 Å². The van der Waals surface area contributed by atoms with Gasteiger partial charge in [0, 0.05) is 18.8 Å². The Morgan fingerprint density at radius 1 is 1.23 bits per heavy atom. The summed E-state index contributed by atoms with van der Waals surface area (Å²) in [7, 11) is 1.85. The molecule has 0 aliphatic rings. The molecule has 0 aliphatic heterocycles. The summed E-state index contributed by atoms with van der Waals surface area (Å²) in [5, 5.41) is 5.71. The van der Waals surface area contributed by atoms with Gasteiger partial charge >= 0.3 is 6.03 Å². The number of rotatable bonds is 2. The summed E-state index contributed by atoms with van der Waals surface area (Å²) in [5.74, 6) is 0.327.